The van der Waals surface area contributed by atoms with Crippen molar-refractivity contribution < 1.29 is 14.3 Å². The lowest BCUT2D eigenvalue weighted by Crippen LogP contribution is -2.28. The second-order valence-corrected chi connectivity index (χ2v) is 5.86. The Morgan fingerprint density at radius 3 is 2.39 bits per heavy atom. The minimum absolute atomic E-state index is 0.101. The monoisotopic (exact) mass is 318 g/mol. The molecule has 0 atom stereocenters. The van der Waals surface area contributed by atoms with Crippen LogP contribution in [0.15, 0.2) is 24.3 Å². The van der Waals surface area contributed by atoms with Crippen LogP contribution in [0.25, 0.3) is 0 Å². The van der Waals surface area contributed by atoms with Gasteiger partial charge in [-0.15, -0.1) is 0 Å². The summed E-state index contributed by atoms with van der Waals surface area (Å²) < 4.78 is 5.08. The van der Waals surface area contributed by atoms with Crippen LogP contribution in [0, 0.1) is 5.92 Å². The van der Waals surface area contributed by atoms with Gasteiger partial charge in [-0.3, -0.25) is 14.5 Å². The van der Waals surface area contributed by atoms with Gasteiger partial charge < -0.3 is 10.1 Å². The van der Waals surface area contributed by atoms with E-state index in [0.29, 0.717) is 12.1 Å². The first kappa shape index (κ1) is 17.5. The lowest BCUT2D eigenvalue weighted by Gasteiger charge is -2.18. The average molecular weight is 318 g/mol. The Labute approximate surface area is 138 Å². The third kappa shape index (κ3) is 5.67. The number of nitrogens with zero attached hydrogens (tertiary/aromatic N) is 1. The van der Waals surface area contributed by atoms with Gasteiger partial charge >= 0.3 is 5.97 Å². The normalized spacial score (nSPS) is 13.9. The molecule has 23 heavy (non-hydrogen) atoms. The summed E-state index contributed by atoms with van der Waals surface area (Å²) in [6, 6.07) is 7.65. The summed E-state index contributed by atoms with van der Waals surface area (Å²) in [5, 5.41) is 2.77. The fourth-order valence-electron chi connectivity index (χ4n) is 2.32. The number of carbonyl (C=O) groups is 2. The van der Waals surface area contributed by atoms with Gasteiger partial charge in [0.2, 0.25) is 0 Å². The average Bonchev–Trinajstić information content (AvgIpc) is 3.41. The van der Waals surface area contributed by atoms with Crippen molar-refractivity contribution in [1.82, 2.24) is 10.2 Å². The standard InChI is InChI=1S/C18H26N2O3/c1-3-20(4-2)13-14-5-7-15(8-6-14)17(21)19-11-12-23-18(22)16-9-10-16/h5-8,16H,3-4,9-13H2,1-2H3,(H,19,21). The molecule has 0 aliphatic heterocycles. The predicted molar refractivity (Wildman–Crippen MR) is 89.1 cm³/mol. The van der Waals surface area contributed by atoms with E-state index >= 15 is 0 Å². The van der Waals surface area contributed by atoms with E-state index in [0.717, 1.165) is 32.5 Å². The first-order valence-electron chi connectivity index (χ1n) is 8.40. The van der Waals surface area contributed by atoms with Gasteiger partial charge in [0, 0.05) is 12.1 Å². The third-order valence-corrected chi connectivity index (χ3v) is 4.06. The molecular weight excluding hydrogens is 292 g/mol. The van der Waals surface area contributed by atoms with Crippen LogP contribution in [0.3, 0.4) is 0 Å². The van der Waals surface area contributed by atoms with Crippen LogP contribution in [0.5, 0.6) is 0 Å². The molecule has 0 aromatic heterocycles. The molecule has 1 amide bonds. The van der Waals surface area contributed by atoms with Gasteiger partial charge in [-0.25, -0.2) is 0 Å². The summed E-state index contributed by atoms with van der Waals surface area (Å²) in [7, 11) is 0. The molecule has 1 fully saturated rings. The Morgan fingerprint density at radius 1 is 1.17 bits per heavy atom. The fraction of sp³-hybridized carbons (Fsp3) is 0.556. The van der Waals surface area contributed by atoms with Crippen LogP contribution in [0.2, 0.25) is 0 Å². The lowest BCUT2D eigenvalue weighted by atomic mass is 10.1. The maximum Gasteiger partial charge on any atom is 0.308 e. The second-order valence-electron chi connectivity index (χ2n) is 5.86. The Hall–Kier alpha value is -1.88. The zero-order valence-corrected chi connectivity index (χ0v) is 14.0. The maximum absolute atomic E-state index is 12.0. The van der Waals surface area contributed by atoms with Crippen molar-refractivity contribution >= 4 is 11.9 Å². The number of ether oxygens (including phenoxy) is 1. The van der Waals surface area contributed by atoms with Crippen LogP contribution in [-0.2, 0) is 16.1 Å². The predicted octanol–water partition coefficient (Wildman–Crippen LogP) is 2.21. The zero-order valence-electron chi connectivity index (χ0n) is 14.0. The molecule has 1 N–H and O–H groups in total. The van der Waals surface area contributed by atoms with Gasteiger partial charge in [0.05, 0.1) is 12.5 Å². The summed E-state index contributed by atoms with van der Waals surface area (Å²) in [5.74, 6) is -0.175. The Balaban J connectivity index is 1.72. The van der Waals surface area contributed by atoms with Gasteiger partial charge in [-0.1, -0.05) is 26.0 Å². The molecule has 1 aromatic carbocycles. The van der Waals surface area contributed by atoms with Crippen molar-refractivity contribution in [2.45, 2.75) is 33.2 Å². The zero-order chi connectivity index (χ0) is 16.7. The van der Waals surface area contributed by atoms with Crippen molar-refractivity contribution in [3.05, 3.63) is 35.4 Å². The minimum atomic E-state index is -0.139. The molecule has 126 valence electrons. The fourth-order valence-corrected chi connectivity index (χ4v) is 2.32. The number of hydrogen-bond acceptors (Lipinski definition) is 4. The summed E-state index contributed by atoms with van der Waals surface area (Å²) in [6.07, 6.45) is 1.87. The first-order chi connectivity index (χ1) is 11.1. The molecule has 1 saturated carbocycles. The molecule has 5 nitrogen and oxygen atoms in total. The van der Waals surface area contributed by atoms with Crippen molar-refractivity contribution in [1.29, 1.82) is 0 Å². The van der Waals surface area contributed by atoms with E-state index in [1.807, 2.05) is 24.3 Å². The maximum atomic E-state index is 12.0. The molecule has 1 aromatic rings. The van der Waals surface area contributed by atoms with Crippen LogP contribution >= 0.6 is 0 Å². The number of carbonyl (C=O) groups excluding carboxylic acids is 2. The van der Waals surface area contributed by atoms with Crippen molar-refractivity contribution in [3.8, 4) is 0 Å². The van der Waals surface area contributed by atoms with E-state index in [9.17, 15) is 9.59 Å². The topological polar surface area (TPSA) is 58.6 Å². The molecule has 0 spiro atoms. The van der Waals surface area contributed by atoms with Gasteiger partial charge in [0.1, 0.15) is 6.61 Å². The summed E-state index contributed by atoms with van der Waals surface area (Å²) in [5.41, 5.74) is 1.82. The molecule has 5 heteroatoms. The molecular formula is C18H26N2O3. The van der Waals surface area contributed by atoms with E-state index in [1.165, 1.54) is 5.56 Å². The lowest BCUT2D eigenvalue weighted by molar-refractivity contribution is -0.144. The van der Waals surface area contributed by atoms with Crippen LogP contribution in [0.1, 0.15) is 42.6 Å². The van der Waals surface area contributed by atoms with E-state index in [2.05, 4.69) is 24.1 Å². The highest BCUT2D eigenvalue weighted by atomic mass is 16.5. The van der Waals surface area contributed by atoms with Crippen molar-refractivity contribution in [2.24, 2.45) is 5.92 Å². The molecule has 0 unspecified atom stereocenters. The summed E-state index contributed by atoms with van der Waals surface area (Å²) in [4.78, 5) is 25.7. The van der Waals surface area contributed by atoms with Gasteiger partial charge in [-0.2, -0.15) is 0 Å². The molecule has 0 bridgehead atoms. The number of rotatable bonds is 9. The quantitative estimate of drug-likeness (QED) is 0.560. The molecule has 0 saturated heterocycles. The largest absolute Gasteiger partial charge is 0.464 e. The van der Waals surface area contributed by atoms with Gasteiger partial charge in [-0.05, 0) is 43.6 Å². The highest BCUT2D eigenvalue weighted by Gasteiger charge is 2.30. The summed E-state index contributed by atoms with van der Waals surface area (Å²) in [6.45, 7) is 7.78. The molecule has 0 heterocycles. The molecule has 2 rings (SSSR count). The Morgan fingerprint density at radius 2 is 1.83 bits per heavy atom. The smallest absolute Gasteiger partial charge is 0.308 e. The minimum Gasteiger partial charge on any atom is -0.464 e. The molecule has 1 aliphatic carbocycles. The number of benzene rings is 1. The van der Waals surface area contributed by atoms with Crippen molar-refractivity contribution in [2.75, 3.05) is 26.2 Å². The first-order valence-corrected chi connectivity index (χ1v) is 8.40. The van der Waals surface area contributed by atoms with Crippen molar-refractivity contribution in [3.63, 3.8) is 0 Å². The highest BCUT2D eigenvalue weighted by molar-refractivity contribution is 5.94. The number of esters is 1. The number of nitrogens with one attached hydrogen (secondary N) is 1. The number of amides is 1. The Kier molecular flexibility index (Phi) is 6.59. The van der Waals surface area contributed by atoms with Crippen LogP contribution in [0.4, 0.5) is 0 Å². The van der Waals surface area contributed by atoms with Crippen LogP contribution < -0.4 is 5.32 Å². The van der Waals surface area contributed by atoms with Crippen LogP contribution in [-0.4, -0.2) is 43.0 Å². The highest BCUT2D eigenvalue weighted by Crippen LogP contribution is 2.29. The van der Waals surface area contributed by atoms with E-state index in [-0.39, 0.29) is 24.4 Å². The van der Waals surface area contributed by atoms with E-state index in [4.69, 9.17) is 4.74 Å². The molecule has 1 aliphatic rings. The Bertz CT molecular complexity index is 520. The van der Waals surface area contributed by atoms with E-state index in [1.54, 1.807) is 0 Å². The molecule has 0 radical (unpaired) electrons. The van der Waals surface area contributed by atoms with Gasteiger partial charge in [0.25, 0.3) is 5.91 Å². The van der Waals surface area contributed by atoms with E-state index < -0.39 is 0 Å². The number of hydrogen-bond donors (Lipinski definition) is 1. The third-order valence-electron chi connectivity index (χ3n) is 4.06. The SMILES string of the molecule is CCN(CC)Cc1ccc(C(=O)NCCOC(=O)C2CC2)cc1. The van der Waals surface area contributed by atoms with Gasteiger partial charge in [0.15, 0.2) is 0 Å². The summed E-state index contributed by atoms with van der Waals surface area (Å²) >= 11 is 0. The second kappa shape index (κ2) is 8.67.